The van der Waals surface area contributed by atoms with Gasteiger partial charge < -0.3 is 5.32 Å². The third-order valence-electron chi connectivity index (χ3n) is 3.53. The molecule has 0 radical (unpaired) electrons. The average Bonchev–Trinajstić information content (AvgIpc) is 2.75. The lowest BCUT2D eigenvalue weighted by molar-refractivity contribution is -0.116. The van der Waals surface area contributed by atoms with E-state index in [-0.39, 0.29) is 10.8 Å². The lowest BCUT2D eigenvalue weighted by Gasteiger charge is -2.17. The first-order valence-corrected chi connectivity index (χ1v) is 9.05. The molecule has 3 rings (SSSR count). The first-order chi connectivity index (χ1) is 10.3. The summed E-state index contributed by atoms with van der Waals surface area (Å²) in [5.74, 6) is -0.0463. The van der Waals surface area contributed by atoms with Crippen molar-refractivity contribution in [2.24, 2.45) is 0 Å². The number of hydrogen-bond acceptors (Lipinski definition) is 5. The topological polar surface area (TPSA) is 88.2 Å². The molecule has 0 aliphatic carbocycles. The Kier molecular flexibility index (Phi) is 3.65. The highest BCUT2D eigenvalue weighted by Crippen LogP contribution is 2.28. The summed E-state index contributed by atoms with van der Waals surface area (Å²) < 4.78 is 27.4. The van der Waals surface area contributed by atoms with Crippen molar-refractivity contribution in [2.45, 2.75) is 31.6 Å². The Labute approximate surface area is 132 Å². The largest absolute Gasteiger partial charge is 0.326 e. The zero-order valence-electron chi connectivity index (χ0n) is 12.1. The van der Waals surface area contributed by atoms with E-state index in [9.17, 15) is 13.2 Å². The number of aryl methyl sites for hydroxylation is 3. The first kappa shape index (κ1) is 15.0. The van der Waals surface area contributed by atoms with E-state index in [2.05, 4.69) is 15.0 Å². The molecule has 0 unspecified atom stereocenters. The molecule has 1 amide bonds. The van der Waals surface area contributed by atoms with Crippen LogP contribution in [-0.4, -0.2) is 19.3 Å². The molecule has 1 aliphatic rings. The van der Waals surface area contributed by atoms with Gasteiger partial charge in [-0.15, -0.1) is 11.3 Å². The summed E-state index contributed by atoms with van der Waals surface area (Å²) in [7, 11) is -3.68. The van der Waals surface area contributed by atoms with Crippen LogP contribution in [0.15, 0.2) is 23.1 Å². The molecule has 0 saturated heterocycles. The van der Waals surface area contributed by atoms with Crippen LogP contribution < -0.4 is 10.0 Å². The number of amides is 1. The summed E-state index contributed by atoms with van der Waals surface area (Å²) in [5, 5.41) is 3.10. The Balaban J connectivity index is 1.90. The summed E-state index contributed by atoms with van der Waals surface area (Å²) in [6.07, 6.45) is 0.912. The second kappa shape index (κ2) is 5.36. The Bertz CT molecular complexity index is 837. The van der Waals surface area contributed by atoms with Gasteiger partial charge in [-0.25, -0.2) is 13.4 Å². The first-order valence-electron chi connectivity index (χ1n) is 6.75. The third-order valence-corrected chi connectivity index (χ3v) is 5.99. The smallest absolute Gasteiger partial charge is 0.263 e. The van der Waals surface area contributed by atoms with Crippen molar-refractivity contribution < 1.29 is 13.2 Å². The van der Waals surface area contributed by atoms with E-state index in [1.807, 2.05) is 13.8 Å². The molecule has 1 aliphatic heterocycles. The number of carbonyl (C=O) groups is 1. The number of anilines is 2. The maximum absolute atomic E-state index is 12.4. The number of nitrogens with zero attached hydrogens (tertiary/aromatic N) is 1. The minimum absolute atomic E-state index is 0.0463. The van der Waals surface area contributed by atoms with E-state index in [0.717, 1.165) is 16.1 Å². The predicted molar refractivity (Wildman–Crippen MR) is 85.8 cm³/mol. The van der Waals surface area contributed by atoms with Gasteiger partial charge in [-0.3, -0.25) is 9.52 Å². The molecule has 0 spiro atoms. The minimum atomic E-state index is -3.68. The fourth-order valence-corrected chi connectivity index (χ4v) is 4.32. The maximum Gasteiger partial charge on any atom is 0.263 e. The molecule has 2 aromatic rings. The average molecular weight is 337 g/mol. The number of hydrogen-bond donors (Lipinski definition) is 2. The molecule has 0 atom stereocenters. The fraction of sp³-hybridized carbons (Fsp3) is 0.286. The van der Waals surface area contributed by atoms with Crippen LogP contribution in [-0.2, 0) is 21.2 Å². The van der Waals surface area contributed by atoms with E-state index in [0.29, 0.717) is 23.7 Å². The summed E-state index contributed by atoms with van der Waals surface area (Å²) in [4.78, 5) is 16.7. The minimum Gasteiger partial charge on any atom is -0.326 e. The summed E-state index contributed by atoms with van der Waals surface area (Å²) in [5.41, 5.74) is 2.32. The molecule has 22 heavy (non-hydrogen) atoms. The Hall–Kier alpha value is -1.93. The lowest BCUT2D eigenvalue weighted by atomic mass is 10.0. The van der Waals surface area contributed by atoms with Gasteiger partial charge >= 0.3 is 0 Å². The van der Waals surface area contributed by atoms with Crippen LogP contribution in [0, 0.1) is 13.8 Å². The highest BCUT2D eigenvalue weighted by Gasteiger charge is 2.21. The number of fused-ring (bicyclic) bond motifs is 1. The number of sulfonamides is 1. The molecule has 1 aromatic carbocycles. The van der Waals surface area contributed by atoms with Crippen molar-refractivity contribution in [3.05, 3.63) is 34.3 Å². The van der Waals surface area contributed by atoms with Gasteiger partial charge in [-0.05, 0) is 44.0 Å². The molecular weight excluding hydrogens is 322 g/mol. The van der Waals surface area contributed by atoms with Crippen molar-refractivity contribution >= 4 is 38.1 Å². The van der Waals surface area contributed by atoms with Gasteiger partial charge in [0.05, 0.1) is 10.6 Å². The van der Waals surface area contributed by atoms with Gasteiger partial charge in [0.15, 0.2) is 5.13 Å². The lowest BCUT2D eigenvalue weighted by Crippen LogP contribution is -2.20. The molecule has 0 bridgehead atoms. The van der Waals surface area contributed by atoms with Crippen LogP contribution in [0.4, 0.5) is 10.8 Å². The number of benzene rings is 1. The standard InChI is InChI=1S/C14H15N3O3S2/c1-8-9(2)21-14(15-8)17-22(19,20)11-4-5-12-10(7-11)3-6-13(18)16-12/h4-5,7H,3,6H2,1-2H3,(H,15,17)(H,16,18). The molecule has 2 N–H and O–H groups in total. The van der Waals surface area contributed by atoms with Crippen LogP contribution in [0.25, 0.3) is 0 Å². The Morgan fingerprint density at radius 3 is 2.73 bits per heavy atom. The van der Waals surface area contributed by atoms with E-state index < -0.39 is 10.0 Å². The third kappa shape index (κ3) is 2.84. The SMILES string of the molecule is Cc1nc(NS(=O)(=O)c2ccc3c(c2)CCC(=O)N3)sc1C. The molecule has 6 nitrogen and oxygen atoms in total. The zero-order valence-corrected chi connectivity index (χ0v) is 13.8. The number of thiazole rings is 1. The highest BCUT2D eigenvalue weighted by atomic mass is 32.2. The normalized spacial score (nSPS) is 14.4. The highest BCUT2D eigenvalue weighted by molar-refractivity contribution is 7.93. The van der Waals surface area contributed by atoms with Crippen molar-refractivity contribution in [1.82, 2.24) is 4.98 Å². The van der Waals surface area contributed by atoms with Gasteiger partial charge in [-0.1, -0.05) is 0 Å². The number of aromatic nitrogens is 1. The van der Waals surface area contributed by atoms with E-state index in [1.165, 1.54) is 17.4 Å². The van der Waals surface area contributed by atoms with E-state index in [4.69, 9.17) is 0 Å². The summed E-state index contributed by atoms with van der Waals surface area (Å²) in [6, 6.07) is 4.71. The monoisotopic (exact) mass is 337 g/mol. The quantitative estimate of drug-likeness (QED) is 0.900. The predicted octanol–water partition coefficient (Wildman–Crippen LogP) is 2.45. The summed E-state index contributed by atoms with van der Waals surface area (Å²) in [6.45, 7) is 3.73. The van der Waals surface area contributed by atoms with E-state index in [1.54, 1.807) is 12.1 Å². The van der Waals surface area contributed by atoms with Gasteiger partial charge in [0.1, 0.15) is 0 Å². The van der Waals surface area contributed by atoms with Crippen LogP contribution >= 0.6 is 11.3 Å². The molecule has 0 saturated carbocycles. The Morgan fingerprint density at radius 2 is 2.05 bits per heavy atom. The van der Waals surface area contributed by atoms with E-state index >= 15 is 0 Å². The number of nitrogens with one attached hydrogen (secondary N) is 2. The second-order valence-corrected chi connectivity index (χ2v) is 8.02. The molecule has 8 heteroatoms. The van der Waals surface area contributed by atoms with Crippen molar-refractivity contribution in [3.63, 3.8) is 0 Å². The molecule has 2 heterocycles. The molecule has 0 fully saturated rings. The molecule has 116 valence electrons. The summed E-state index contributed by atoms with van der Waals surface area (Å²) >= 11 is 1.31. The van der Waals surface area contributed by atoms with Gasteiger partial charge in [0.2, 0.25) is 5.91 Å². The van der Waals surface area contributed by atoms with Crippen molar-refractivity contribution in [2.75, 3.05) is 10.0 Å². The fourth-order valence-electron chi connectivity index (χ4n) is 2.22. The Morgan fingerprint density at radius 1 is 1.27 bits per heavy atom. The van der Waals surface area contributed by atoms with Gasteiger partial charge in [-0.2, -0.15) is 0 Å². The number of carbonyl (C=O) groups excluding carboxylic acids is 1. The maximum atomic E-state index is 12.4. The molecule has 1 aromatic heterocycles. The van der Waals surface area contributed by atoms with Crippen LogP contribution in [0.3, 0.4) is 0 Å². The van der Waals surface area contributed by atoms with Gasteiger partial charge in [0, 0.05) is 17.0 Å². The van der Waals surface area contributed by atoms with Crippen LogP contribution in [0.5, 0.6) is 0 Å². The van der Waals surface area contributed by atoms with Crippen LogP contribution in [0.2, 0.25) is 0 Å². The second-order valence-electron chi connectivity index (χ2n) is 5.13. The number of rotatable bonds is 3. The van der Waals surface area contributed by atoms with Crippen LogP contribution in [0.1, 0.15) is 22.6 Å². The zero-order chi connectivity index (χ0) is 15.9. The van der Waals surface area contributed by atoms with Gasteiger partial charge in [0.25, 0.3) is 10.0 Å². The van der Waals surface area contributed by atoms with Crippen molar-refractivity contribution in [1.29, 1.82) is 0 Å². The molecular formula is C14H15N3O3S2. The van der Waals surface area contributed by atoms with Crippen molar-refractivity contribution in [3.8, 4) is 0 Å².